The summed E-state index contributed by atoms with van der Waals surface area (Å²) in [6.45, 7) is 1.42. The van der Waals surface area contributed by atoms with Gasteiger partial charge in [0.15, 0.2) is 0 Å². The molecule has 0 saturated carbocycles. The molecule has 0 bridgehead atoms. The van der Waals surface area contributed by atoms with Crippen LogP contribution in [0.4, 0.5) is 5.69 Å². The molecule has 0 saturated heterocycles. The first-order valence-corrected chi connectivity index (χ1v) is 4.42. The lowest BCUT2D eigenvalue weighted by Crippen LogP contribution is -2.16. The fourth-order valence-corrected chi connectivity index (χ4v) is 1.27. The summed E-state index contributed by atoms with van der Waals surface area (Å²) in [5, 5.41) is 27.2. The Morgan fingerprint density at radius 1 is 1.43 bits per heavy atom. The average Bonchev–Trinajstić information content (AvgIpc) is 2.19. The molecule has 1 aromatic carbocycles. The molecule has 78 valence electrons. The maximum atomic E-state index is 9.32. The molecule has 0 spiro atoms. The van der Waals surface area contributed by atoms with Gasteiger partial charge in [0, 0.05) is 17.7 Å². The first-order valence-electron chi connectivity index (χ1n) is 4.42. The third-order valence-electron chi connectivity index (χ3n) is 2.24. The maximum Gasteiger partial charge on any atom is 0.120 e. The van der Waals surface area contributed by atoms with Gasteiger partial charge in [0.25, 0.3) is 0 Å². The Balaban J connectivity index is 2.94. The molecule has 1 unspecified atom stereocenters. The Hall–Kier alpha value is -1.26. The van der Waals surface area contributed by atoms with Crippen LogP contribution in [0.3, 0.4) is 0 Å². The first-order chi connectivity index (χ1) is 6.56. The summed E-state index contributed by atoms with van der Waals surface area (Å²) >= 11 is 0. The molecule has 0 aliphatic carbocycles. The molecule has 0 fully saturated rings. The van der Waals surface area contributed by atoms with E-state index in [1.807, 2.05) is 0 Å². The van der Waals surface area contributed by atoms with Crippen LogP contribution in [-0.4, -0.2) is 28.0 Å². The second-order valence-corrected chi connectivity index (χ2v) is 3.32. The van der Waals surface area contributed by atoms with E-state index in [1.165, 1.54) is 6.07 Å². The lowest BCUT2D eigenvalue weighted by molar-refractivity contribution is 0.0956. The minimum absolute atomic E-state index is 0.143. The number of rotatable bonds is 3. The molecule has 1 aromatic rings. The number of aliphatic hydroxyl groups is 2. The van der Waals surface area contributed by atoms with Crippen molar-refractivity contribution >= 4 is 5.69 Å². The van der Waals surface area contributed by atoms with Crippen molar-refractivity contribution in [2.24, 2.45) is 0 Å². The maximum absolute atomic E-state index is 9.32. The number of phenols is 1. The standard InChI is InChI=1S/C10H15NO3/c1-6-9(14)3-2-7(10(6)11)4-8(13)5-12/h2-3,8,12-14H,4-5,11H2,1H3. The zero-order valence-corrected chi connectivity index (χ0v) is 8.07. The highest BCUT2D eigenvalue weighted by molar-refractivity contribution is 5.58. The van der Waals surface area contributed by atoms with Gasteiger partial charge in [-0.3, -0.25) is 0 Å². The summed E-state index contributed by atoms with van der Waals surface area (Å²) in [6.07, 6.45) is -0.509. The lowest BCUT2D eigenvalue weighted by atomic mass is 10.0. The van der Waals surface area contributed by atoms with Gasteiger partial charge in [-0.1, -0.05) is 6.07 Å². The molecule has 0 aliphatic rings. The highest BCUT2D eigenvalue weighted by Gasteiger charge is 2.10. The monoisotopic (exact) mass is 197 g/mol. The molecule has 1 atom stereocenters. The van der Waals surface area contributed by atoms with E-state index in [0.717, 1.165) is 5.56 Å². The van der Waals surface area contributed by atoms with Crippen molar-refractivity contribution in [1.29, 1.82) is 0 Å². The Morgan fingerprint density at radius 2 is 2.07 bits per heavy atom. The number of anilines is 1. The highest BCUT2D eigenvalue weighted by Crippen LogP contribution is 2.26. The molecule has 0 aliphatic heterocycles. The van der Waals surface area contributed by atoms with E-state index >= 15 is 0 Å². The van der Waals surface area contributed by atoms with Crippen molar-refractivity contribution in [2.45, 2.75) is 19.4 Å². The van der Waals surface area contributed by atoms with Crippen LogP contribution in [0.2, 0.25) is 0 Å². The molecular weight excluding hydrogens is 182 g/mol. The van der Waals surface area contributed by atoms with Crippen LogP contribution in [0.5, 0.6) is 5.75 Å². The lowest BCUT2D eigenvalue weighted by Gasteiger charge is -2.12. The molecule has 1 rings (SSSR count). The quantitative estimate of drug-likeness (QED) is 0.520. The summed E-state index contributed by atoms with van der Waals surface area (Å²) in [4.78, 5) is 0. The zero-order chi connectivity index (χ0) is 10.7. The van der Waals surface area contributed by atoms with Gasteiger partial charge in [-0.15, -0.1) is 0 Å². The smallest absolute Gasteiger partial charge is 0.120 e. The summed E-state index contributed by atoms with van der Waals surface area (Å²) in [6, 6.07) is 3.18. The normalized spacial score (nSPS) is 12.8. The SMILES string of the molecule is Cc1c(O)ccc(CC(O)CO)c1N. The van der Waals surface area contributed by atoms with Gasteiger partial charge < -0.3 is 21.1 Å². The van der Waals surface area contributed by atoms with Crippen molar-refractivity contribution in [3.05, 3.63) is 23.3 Å². The van der Waals surface area contributed by atoms with Gasteiger partial charge in [-0.25, -0.2) is 0 Å². The van der Waals surface area contributed by atoms with E-state index in [9.17, 15) is 10.2 Å². The number of aliphatic hydroxyl groups excluding tert-OH is 2. The van der Waals surface area contributed by atoms with Gasteiger partial charge in [-0.05, 0) is 18.6 Å². The highest BCUT2D eigenvalue weighted by atomic mass is 16.3. The average molecular weight is 197 g/mol. The van der Waals surface area contributed by atoms with Crippen LogP contribution in [-0.2, 0) is 6.42 Å². The predicted molar refractivity (Wildman–Crippen MR) is 54.1 cm³/mol. The first kappa shape index (κ1) is 10.8. The number of hydrogen-bond donors (Lipinski definition) is 4. The van der Waals surface area contributed by atoms with E-state index < -0.39 is 6.10 Å². The molecule has 0 heterocycles. The van der Waals surface area contributed by atoms with Crippen molar-refractivity contribution in [3.63, 3.8) is 0 Å². The summed E-state index contributed by atoms with van der Waals surface area (Å²) < 4.78 is 0. The molecular formula is C10H15NO3. The third-order valence-corrected chi connectivity index (χ3v) is 2.24. The Morgan fingerprint density at radius 3 is 2.64 bits per heavy atom. The van der Waals surface area contributed by atoms with E-state index in [-0.39, 0.29) is 12.4 Å². The number of aromatic hydroxyl groups is 1. The Bertz CT molecular complexity index is 325. The van der Waals surface area contributed by atoms with E-state index in [2.05, 4.69) is 0 Å². The third kappa shape index (κ3) is 2.16. The summed E-state index contributed by atoms with van der Waals surface area (Å²) in [7, 11) is 0. The Labute approximate surface area is 82.6 Å². The fourth-order valence-electron chi connectivity index (χ4n) is 1.27. The van der Waals surface area contributed by atoms with Gasteiger partial charge in [0.2, 0.25) is 0 Å². The Kier molecular flexibility index (Phi) is 3.33. The molecule has 5 N–H and O–H groups in total. The molecule has 4 nitrogen and oxygen atoms in total. The van der Waals surface area contributed by atoms with E-state index in [4.69, 9.17) is 10.8 Å². The van der Waals surface area contributed by atoms with Crippen LogP contribution in [0.15, 0.2) is 12.1 Å². The van der Waals surface area contributed by atoms with Crippen molar-refractivity contribution in [2.75, 3.05) is 12.3 Å². The number of hydrogen-bond acceptors (Lipinski definition) is 4. The predicted octanol–water partition coefficient (Wildman–Crippen LogP) is 0.179. The van der Waals surface area contributed by atoms with Crippen LogP contribution >= 0.6 is 0 Å². The van der Waals surface area contributed by atoms with Gasteiger partial charge in [-0.2, -0.15) is 0 Å². The van der Waals surface area contributed by atoms with Gasteiger partial charge >= 0.3 is 0 Å². The van der Waals surface area contributed by atoms with Crippen LogP contribution in [0.1, 0.15) is 11.1 Å². The molecule has 0 amide bonds. The second-order valence-electron chi connectivity index (χ2n) is 3.32. The molecule has 0 radical (unpaired) electrons. The molecule has 0 aromatic heterocycles. The van der Waals surface area contributed by atoms with Crippen molar-refractivity contribution in [3.8, 4) is 5.75 Å². The minimum Gasteiger partial charge on any atom is -0.508 e. The number of nitrogen functional groups attached to an aromatic ring is 1. The summed E-state index contributed by atoms with van der Waals surface area (Å²) in [5.74, 6) is 0.143. The van der Waals surface area contributed by atoms with Gasteiger partial charge in [0.1, 0.15) is 5.75 Å². The second kappa shape index (κ2) is 4.30. The largest absolute Gasteiger partial charge is 0.508 e. The van der Waals surface area contributed by atoms with E-state index in [1.54, 1.807) is 13.0 Å². The fraction of sp³-hybridized carbons (Fsp3) is 0.400. The van der Waals surface area contributed by atoms with Crippen molar-refractivity contribution in [1.82, 2.24) is 0 Å². The molecule has 14 heavy (non-hydrogen) atoms. The number of nitrogens with two attached hydrogens (primary N) is 1. The zero-order valence-electron chi connectivity index (χ0n) is 8.07. The number of phenolic OH excluding ortho intramolecular Hbond substituents is 1. The molecule has 4 heteroatoms. The summed E-state index contributed by atoms with van der Waals surface area (Å²) in [5.41, 5.74) is 7.55. The van der Waals surface area contributed by atoms with Crippen LogP contribution < -0.4 is 5.73 Å². The number of benzene rings is 1. The topological polar surface area (TPSA) is 86.7 Å². The van der Waals surface area contributed by atoms with Crippen molar-refractivity contribution < 1.29 is 15.3 Å². The van der Waals surface area contributed by atoms with Crippen LogP contribution in [0.25, 0.3) is 0 Å². The minimum atomic E-state index is -0.804. The van der Waals surface area contributed by atoms with E-state index in [0.29, 0.717) is 17.7 Å². The van der Waals surface area contributed by atoms with Gasteiger partial charge in [0.05, 0.1) is 12.7 Å². The van der Waals surface area contributed by atoms with Crippen LogP contribution in [0, 0.1) is 6.92 Å².